The first-order chi connectivity index (χ1) is 14.7. The van der Waals surface area contributed by atoms with Crippen molar-refractivity contribution >= 4 is 11.6 Å². The molecule has 8 heteroatoms. The van der Waals surface area contributed by atoms with Crippen LogP contribution in [-0.2, 0) is 6.18 Å². The zero-order valence-corrected chi connectivity index (χ0v) is 16.1. The van der Waals surface area contributed by atoms with Gasteiger partial charge in [0.25, 0.3) is 0 Å². The third-order valence-corrected chi connectivity index (χ3v) is 4.82. The van der Waals surface area contributed by atoms with Crippen molar-refractivity contribution in [3.05, 3.63) is 90.1 Å². The van der Waals surface area contributed by atoms with Crippen molar-refractivity contribution in [3.8, 4) is 28.1 Å². The van der Waals surface area contributed by atoms with Gasteiger partial charge in [-0.25, -0.2) is 4.68 Å². The van der Waals surface area contributed by atoms with E-state index in [1.165, 1.54) is 28.9 Å². The van der Waals surface area contributed by atoms with Crippen molar-refractivity contribution in [2.24, 2.45) is 5.73 Å². The van der Waals surface area contributed by atoms with Crippen LogP contribution in [0.25, 0.3) is 28.1 Å². The standard InChI is InChI=1S/C23H17F3N4O/c24-23(25,26)21-13-20(30(29-21)19-11-7-17(8-12-19)22(28)31)16-3-1-14(2-4-16)15-5-9-18(27)10-6-15/h1-13H,27H2,(H2,28,31). The monoisotopic (exact) mass is 422 g/mol. The Kier molecular flexibility index (Phi) is 4.98. The van der Waals surface area contributed by atoms with Gasteiger partial charge < -0.3 is 11.5 Å². The van der Waals surface area contributed by atoms with E-state index >= 15 is 0 Å². The van der Waals surface area contributed by atoms with Gasteiger partial charge in [0, 0.05) is 16.8 Å². The van der Waals surface area contributed by atoms with Crippen LogP contribution in [0.1, 0.15) is 16.1 Å². The molecular weight excluding hydrogens is 405 g/mol. The minimum atomic E-state index is -4.60. The highest BCUT2D eigenvalue weighted by Crippen LogP contribution is 2.34. The fraction of sp³-hybridized carbons (Fsp3) is 0.0435. The lowest BCUT2D eigenvalue weighted by Crippen LogP contribution is -2.11. The quantitative estimate of drug-likeness (QED) is 0.458. The van der Waals surface area contributed by atoms with E-state index in [0.29, 0.717) is 16.9 Å². The molecule has 0 saturated heterocycles. The molecule has 4 N–H and O–H groups in total. The van der Waals surface area contributed by atoms with E-state index in [2.05, 4.69) is 5.10 Å². The summed E-state index contributed by atoms with van der Waals surface area (Å²) in [6, 6.07) is 21.3. The normalized spacial score (nSPS) is 11.5. The van der Waals surface area contributed by atoms with Crippen LogP contribution >= 0.6 is 0 Å². The smallest absolute Gasteiger partial charge is 0.399 e. The van der Waals surface area contributed by atoms with Crippen LogP contribution in [0.2, 0.25) is 0 Å². The van der Waals surface area contributed by atoms with Gasteiger partial charge in [-0.15, -0.1) is 0 Å². The Bertz CT molecular complexity index is 1230. The fourth-order valence-corrected chi connectivity index (χ4v) is 3.20. The maximum absolute atomic E-state index is 13.4. The molecule has 4 rings (SSSR count). The molecule has 0 aliphatic carbocycles. The SMILES string of the molecule is NC(=O)c1ccc(-n2nc(C(F)(F)F)cc2-c2ccc(-c3ccc(N)cc3)cc2)cc1. The summed E-state index contributed by atoms with van der Waals surface area (Å²) in [5.41, 5.74) is 13.9. The van der Waals surface area contributed by atoms with E-state index in [1.807, 2.05) is 24.3 Å². The van der Waals surface area contributed by atoms with Gasteiger partial charge in [0.15, 0.2) is 5.69 Å². The molecule has 1 heterocycles. The Hall–Kier alpha value is -4.07. The first-order valence-electron chi connectivity index (χ1n) is 9.26. The second kappa shape index (κ2) is 7.64. The number of nitrogens with two attached hydrogens (primary N) is 2. The van der Waals surface area contributed by atoms with Crippen molar-refractivity contribution in [3.63, 3.8) is 0 Å². The number of carbonyl (C=O) groups is 1. The molecule has 1 amide bonds. The van der Waals surface area contributed by atoms with Crippen molar-refractivity contribution in [1.29, 1.82) is 0 Å². The molecule has 0 radical (unpaired) electrons. The molecular formula is C23H17F3N4O. The average molecular weight is 422 g/mol. The fourth-order valence-electron chi connectivity index (χ4n) is 3.20. The third-order valence-electron chi connectivity index (χ3n) is 4.82. The van der Waals surface area contributed by atoms with Gasteiger partial charge in [0.2, 0.25) is 5.91 Å². The van der Waals surface area contributed by atoms with Crippen molar-refractivity contribution in [2.45, 2.75) is 6.18 Å². The number of nitrogens with zero attached hydrogens (tertiary/aromatic N) is 2. The molecule has 0 atom stereocenters. The molecule has 1 aromatic heterocycles. The second-order valence-corrected chi connectivity index (χ2v) is 6.93. The number of benzene rings is 3. The van der Waals surface area contributed by atoms with Crippen LogP contribution in [0.5, 0.6) is 0 Å². The Labute approximate surface area is 175 Å². The number of hydrogen-bond acceptors (Lipinski definition) is 3. The maximum Gasteiger partial charge on any atom is 0.435 e. The zero-order valence-electron chi connectivity index (χ0n) is 16.1. The van der Waals surface area contributed by atoms with Crippen molar-refractivity contribution in [2.75, 3.05) is 5.73 Å². The molecule has 31 heavy (non-hydrogen) atoms. The van der Waals surface area contributed by atoms with Gasteiger partial charge in [0.1, 0.15) is 0 Å². The number of carbonyl (C=O) groups excluding carboxylic acids is 1. The summed E-state index contributed by atoms with van der Waals surface area (Å²) in [5, 5.41) is 3.75. The first kappa shape index (κ1) is 20.2. The van der Waals surface area contributed by atoms with Gasteiger partial charge in [0.05, 0.1) is 11.4 Å². The molecule has 0 aliphatic heterocycles. The van der Waals surface area contributed by atoms with E-state index in [-0.39, 0.29) is 11.3 Å². The lowest BCUT2D eigenvalue weighted by atomic mass is 10.0. The lowest BCUT2D eigenvalue weighted by molar-refractivity contribution is -0.141. The zero-order chi connectivity index (χ0) is 22.2. The number of hydrogen-bond donors (Lipinski definition) is 2. The number of halogens is 3. The summed E-state index contributed by atoms with van der Waals surface area (Å²) in [4.78, 5) is 11.3. The molecule has 0 unspecified atom stereocenters. The Morgan fingerprint density at radius 3 is 1.84 bits per heavy atom. The van der Waals surface area contributed by atoms with Gasteiger partial charge in [-0.05, 0) is 53.6 Å². The second-order valence-electron chi connectivity index (χ2n) is 6.93. The number of alkyl halides is 3. The molecule has 3 aromatic carbocycles. The van der Waals surface area contributed by atoms with Crippen molar-refractivity contribution < 1.29 is 18.0 Å². The van der Waals surface area contributed by atoms with E-state index in [0.717, 1.165) is 17.2 Å². The molecule has 0 aliphatic rings. The molecule has 0 spiro atoms. The summed E-state index contributed by atoms with van der Waals surface area (Å²) in [5.74, 6) is -0.624. The van der Waals surface area contributed by atoms with E-state index in [4.69, 9.17) is 11.5 Å². The average Bonchev–Trinajstić information content (AvgIpc) is 3.21. The van der Waals surface area contributed by atoms with Gasteiger partial charge >= 0.3 is 6.18 Å². The maximum atomic E-state index is 13.4. The van der Waals surface area contributed by atoms with E-state index in [9.17, 15) is 18.0 Å². The van der Waals surface area contributed by atoms with E-state index < -0.39 is 17.8 Å². The number of anilines is 1. The van der Waals surface area contributed by atoms with Crippen molar-refractivity contribution in [1.82, 2.24) is 9.78 Å². The number of nitrogen functional groups attached to an aromatic ring is 1. The predicted molar refractivity (Wildman–Crippen MR) is 112 cm³/mol. The summed E-state index contributed by atoms with van der Waals surface area (Å²) >= 11 is 0. The minimum absolute atomic E-state index is 0.251. The Morgan fingerprint density at radius 1 is 0.806 bits per heavy atom. The predicted octanol–water partition coefficient (Wildman–Crippen LogP) is 4.91. The van der Waals surface area contributed by atoms with Crippen LogP contribution < -0.4 is 11.5 Å². The van der Waals surface area contributed by atoms with Gasteiger partial charge in [-0.2, -0.15) is 18.3 Å². The molecule has 0 bridgehead atoms. The summed E-state index contributed by atoms with van der Waals surface area (Å²) < 4.78 is 41.3. The van der Waals surface area contributed by atoms with Crippen LogP contribution in [0.15, 0.2) is 78.9 Å². The van der Waals surface area contributed by atoms with Gasteiger partial charge in [-0.3, -0.25) is 4.79 Å². The van der Waals surface area contributed by atoms with Gasteiger partial charge in [-0.1, -0.05) is 36.4 Å². The van der Waals surface area contributed by atoms with Crippen LogP contribution in [0.4, 0.5) is 18.9 Å². The number of aromatic nitrogens is 2. The highest BCUT2D eigenvalue weighted by Gasteiger charge is 2.35. The summed E-state index contributed by atoms with van der Waals surface area (Å²) in [6.07, 6.45) is -4.60. The molecule has 4 aromatic rings. The van der Waals surface area contributed by atoms with Crippen LogP contribution in [-0.4, -0.2) is 15.7 Å². The molecule has 0 saturated carbocycles. The number of primary amides is 1. The van der Waals surface area contributed by atoms with Crippen LogP contribution in [0.3, 0.4) is 0 Å². The minimum Gasteiger partial charge on any atom is -0.399 e. The molecule has 5 nitrogen and oxygen atoms in total. The first-order valence-corrected chi connectivity index (χ1v) is 9.26. The summed E-state index contributed by atoms with van der Waals surface area (Å²) in [7, 11) is 0. The largest absolute Gasteiger partial charge is 0.435 e. The summed E-state index contributed by atoms with van der Waals surface area (Å²) in [6.45, 7) is 0. The highest BCUT2D eigenvalue weighted by molar-refractivity contribution is 5.92. The number of amides is 1. The highest BCUT2D eigenvalue weighted by atomic mass is 19.4. The lowest BCUT2D eigenvalue weighted by Gasteiger charge is -2.09. The molecule has 156 valence electrons. The Balaban J connectivity index is 1.77. The van der Waals surface area contributed by atoms with E-state index in [1.54, 1.807) is 24.3 Å². The Morgan fingerprint density at radius 2 is 1.32 bits per heavy atom. The van der Waals surface area contributed by atoms with Crippen LogP contribution in [0, 0.1) is 0 Å². The number of rotatable bonds is 4. The molecule has 0 fully saturated rings. The third kappa shape index (κ3) is 4.13. The topological polar surface area (TPSA) is 86.9 Å².